The summed E-state index contributed by atoms with van der Waals surface area (Å²) in [7, 11) is 2.22. The van der Waals surface area contributed by atoms with E-state index in [9.17, 15) is 9.50 Å². The monoisotopic (exact) mass is 263 g/mol. The molecule has 2 aliphatic heterocycles. The van der Waals surface area contributed by atoms with Gasteiger partial charge in [0.1, 0.15) is 5.82 Å². The molecule has 19 heavy (non-hydrogen) atoms. The minimum absolute atomic E-state index is 0.264. The van der Waals surface area contributed by atoms with Crippen molar-refractivity contribution in [2.45, 2.75) is 50.3 Å². The quantitative estimate of drug-likeness (QED) is 0.905. The molecule has 2 nitrogen and oxygen atoms in total. The first-order valence-corrected chi connectivity index (χ1v) is 7.29. The van der Waals surface area contributed by atoms with E-state index in [1.165, 1.54) is 37.8 Å². The van der Waals surface area contributed by atoms with Gasteiger partial charge in [0, 0.05) is 12.1 Å². The summed E-state index contributed by atoms with van der Waals surface area (Å²) in [6.45, 7) is 0. The summed E-state index contributed by atoms with van der Waals surface area (Å²) >= 11 is 0. The maximum absolute atomic E-state index is 13.2. The molecule has 0 spiro atoms. The number of hydrogen-bond donors (Lipinski definition) is 1. The van der Waals surface area contributed by atoms with Crippen LogP contribution >= 0.6 is 0 Å². The molecule has 104 valence electrons. The Kier molecular flexibility index (Phi) is 3.59. The lowest BCUT2D eigenvalue weighted by atomic mass is 9.85. The van der Waals surface area contributed by atoms with Crippen LogP contribution in [-0.2, 0) is 0 Å². The van der Waals surface area contributed by atoms with Gasteiger partial charge in [0.2, 0.25) is 0 Å². The van der Waals surface area contributed by atoms with Crippen LogP contribution in [0.1, 0.15) is 43.8 Å². The Morgan fingerprint density at radius 1 is 1.32 bits per heavy atom. The van der Waals surface area contributed by atoms with Gasteiger partial charge >= 0.3 is 0 Å². The van der Waals surface area contributed by atoms with Crippen LogP contribution in [0.4, 0.5) is 4.39 Å². The normalized spacial score (nSPS) is 32.5. The molecule has 3 rings (SSSR count). The van der Waals surface area contributed by atoms with Crippen molar-refractivity contribution in [3.05, 3.63) is 35.6 Å². The third-order valence-electron chi connectivity index (χ3n) is 4.99. The van der Waals surface area contributed by atoms with Crippen molar-refractivity contribution >= 4 is 0 Å². The Bertz CT molecular complexity index is 436. The molecular formula is C16H22FNO. The molecule has 0 radical (unpaired) electrons. The zero-order valence-corrected chi connectivity index (χ0v) is 11.4. The number of nitrogens with zero attached hydrogens (tertiary/aromatic N) is 1. The molecule has 3 unspecified atom stereocenters. The van der Waals surface area contributed by atoms with Crippen LogP contribution in [0.5, 0.6) is 0 Å². The standard InChI is InChI=1S/C16H22FNO/c1-18-14-5-6-15(18)8-11(7-14)9-16(19)12-3-2-4-13(17)10-12/h2-4,10-11,14-16,19H,5-9H2,1H3. The Labute approximate surface area is 114 Å². The van der Waals surface area contributed by atoms with Crippen LogP contribution in [-0.4, -0.2) is 29.1 Å². The van der Waals surface area contributed by atoms with Crippen molar-refractivity contribution in [1.82, 2.24) is 4.90 Å². The van der Waals surface area contributed by atoms with E-state index in [0.717, 1.165) is 6.42 Å². The van der Waals surface area contributed by atoms with Crippen molar-refractivity contribution in [1.29, 1.82) is 0 Å². The highest BCUT2D eigenvalue weighted by Gasteiger charge is 2.38. The van der Waals surface area contributed by atoms with Crippen LogP contribution in [0.25, 0.3) is 0 Å². The first kappa shape index (κ1) is 13.1. The fraction of sp³-hybridized carbons (Fsp3) is 0.625. The first-order chi connectivity index (χ1) is 9.13. The van der Waals surface area contributed by atoms with Crippen LogP contribution in [0.15, 0.2) is 24.3 Å². The number of benzene rings is 1. The smallest absolute Gasteiger partial charge is 0.123 e. The second kappa shape index (κ2) is 5.22. The van der Waals surface area contributed by atoms with Crippen LogP contribution in [0, 0.1) is 11.7 Å². The average molecular weight is 263 g/mol. The summed E-state index contributed by atoms with van der Waals surface area (Å²) < 4.78 is 13.2. The molecule has 3 heteroatoms. The van der Waals surface area contributed by atoms with Crippen molar-refractivity contribution in [2.75, 3.05) is 7.05 Å². The van der Waals surface area contributed by atoms with Crippen molar-refractivity contribution in [2.24, 2.45) is 5.92 Å². The van der Waals surface area contributed by atoms with E-state index in [-0.39, 0.29) is 5.82 Å². The molecule has 2 bridgehead atoms. The molecular weight excluding hydrogens is 241 g/mol. The maximum Gasteiger partial charge on any atom is 0.123 e. The Morgan fingerprint density at radius 2 is 2.00 bits per heavy atom. The third kappa shape index (κ3) is 2.67. The van der Waals surface area contributed by atoms with E-state index in [1.807, 2.05) is 6.07 Å². The lowest BCUT2D eigenvalue weighted by Gasteiger charge is -2.37. The van der Waals surface area contributed by atoms with E-state index in [0.29, 0.717) is 23.6 Å². The van der Waals surface area contributed by atoms with E-state index >= 15 is 0 Å². The number of rotatable bonds is 3. The number of fused-ring (bicyclic) bond motifs is 2. The highest BCUT2D eigenvalue weighted by Crippen LogP contribution is 2.40. The fourth-order valence-electron chi connectivity index (χ4n) is 3.88. The molecule has 0 aliphatic carbocycles. The summed E-state index contributed by atoms with van der Waals surface area (Å²) in [5.41, 5.74) is 0.714. The summed E-state index contributed by atoms with van der Waals surface area (Å²) in [6.07, 6.45) is 5.20. The lowest BCUT2D eigenvalue weighted by Crippen LogP contribution is -2.40. The SMILES string of the molecule is CN1C2CCC1CC(CC(O)c1cccc(F)c1)C2. The number of hydrogen-bond acceptors (Lipinski definition) is 2. The highest BCUT2D eigenvalue weighted by molar-refractivity contribution is 5.18. The molecule has 2 heterocycles. The molecule has 3 atom stereocenters. The largest absolute Gasteiger partial charge is 0.388 e. The van der Waals surface area contributed by atoms with Gasteiger partial charge in [-0.2, -0.15) is 0 Å². The van der Waals surface area contributed by atoms with Gasteiger partial charge in [-0.05, 0) is 62.8 Å². The number of piperidine rings is 1. The van der Waals surface area contributed by atoms with E-state index < -0.39 is 6.10 Å². The predicted molar refractivity (Wildman–Crippen MR) is 73.3 cm³/mol. The van der Waals surface area contributed by atoms with Gasteiger partial charge in [-0.1, -0.05) is 12.1 Å². The second-order valence-corrected chi connectivity index (χ2v) is 6.19. The van der Waals surface area contributed by atoms with E-state index in [1.54, 1.807) is 6.07 Å². The van der Waals surface area contributed by atoms with Crippen molar-refractivity contribution < 1.29 is 9.50 Å². The topological polar surface area (TPSA) is 23.5 Å². The molecule has 0 saturated carbocycles. The molecule has 2 aliphatic rings. The highest BCUT2D eigenvalue weighted by atomic mass is 19.1. The fourth-order valence-corrected chi connectivity index (χ4v) is 3.88. The number of aliphatic hydroxyl groups is 1. The zero-order chi connectivity index (χ0) is 13.4. The molecule has 1 aromatic rings. The summed E-state index contributed by atoms with van der Waals surface area (Å²) in [5.74, 6) is 0.312. The van der Waals surface area contributed by atoms with Crippen molar-refractivity contribution in [3.63, 3.8) is 0 Å². The van der Waals surface area contributed by atoms with Gasteiger partial charge in [-0.25, -0.2) is 4.39 Å². The van der Waals surface area contributed by atoms with Gasteiger partial charge < -0.3 is 10.0 Å². The van der Waals surface area contributed by atoms with Gasteiger partial charge in [0.15, 0.2) is 0 Å². The van der Waals surface area contributed by atoms with Crippen LogP contribution in [0.2, 0.25) is 0 Å². The van der Waals surface area contributed by atoms with Crippen molar-refractivity contribution in [3.8, 4) is 0 Å². The molecule has 1 aromatic carbocycles. The minimum atomic E-state index is -0.525. The first-order valence-electron chi connectivity index (χ1n) is 7.29. The van der Waals surface area contributed by atoms with E-state index in [2.05, 4.69) is 11.9 Å². The second-order valence-electron chi connectivity index (χ2n) is 6.19. The molecule has 0 aromatic heterocycles. The number of halogens is 1. The summed E-state index contributed by atoms with van der Waals surface area (Å²) in [4.78, 5) is 2.51. The molecule has 0 amide bonds. The van der Waals surface area contributed by atoms with E-state index in [4.69, 9.17) is 0 Å². The minimum Gasteiger partial charge on any atom is -0.388 e. The van der Waals surface area contributed by atoms with Gasteiger partial charge in [-0.3, -0.25) is 0 Å². The Hall–Kier alpha value is -0.930. The Morgan fingerprint density at radius 3 is 2.63 bits per heavy atom. The van der Waals surface area contributed by atoms with Gasteiger partial charge in [0.25, 0.3) is 0 Å². The van der Waals surface area contributed by atoms with Crippen LogP contribution < -0.4 is 0 Å². The third-order valence-corrected chi connectivity index (χ3v) is 4.99. The lowest BCUT2D eigenvalue weighted by molar-refractivity contribution is 0.0835. The number of aliphatic hydroxyl groups excluding tert-OH is 1. The predicted octanol–water partition coefficient (Wildman–Crippen LogP) is 3.12. The zero-order valence-electron chi connectivity index (χ0n) is 11.4. The molecule has 2 saturated heterocycles. The summed E-state index contributed by atoms with van der Waals surface area (Å²) in [5, 5.41) is 10.3. The maximum atomic E-state index is 13.2. The average Bonchev–Trinajstić information content (AvgIpc) is 2.62. The molecule has 1 N–H and O–H groups in total. The molecule has 2 fully saturated rings. The van der Waals surface area contributed by atoms with Crippen LogP contribution in [0.3, 0.4) is 0 Å². The Balaban J connectivity index is 1.63. The summed E-state index contributed by atoms with van der Waals surface area (Å²) in [6, 6.07) is 7.76. The van der Waals surface area contributed by atoms with Gasteiger partial charge in [0.05, 0.1) is 6.10 Å². The van der Waals surface area contributed by atoms with Gasteiger partial charge in [-0.15, -0.1) is 0 Å².